The molecule has 2 heterocycles. The van der Waals surface area contributed by atoms with Crippen LogP contribution in [0.5, 0.6) is 0 Å². The number of amides is 2. The van der Waals surface area contributed by atoms with Crippen LogP contribution in [0.2, 0.25) is 5.02 Å². The number of rotatable bonds is 6. The number of benzene rings is 1. The number of aromatic nitrogens is 1. The third-order valence-corrected chi connectivity index (χ3v) is 8.80. The first kappa shape index (κ1) is 24.1. The van der Waals surface area contributed by atoms with E-state index in [0.29, 0.717) is 6.54 Å². The topological polar surface area (TPSA) is 96.4 Å². The second-order valence-corrected chi connectivity index (χ2v) is 12.2. The Kier molecular flexibility index (Phi) is 5.87. The molecule has 3 fully saturated rings. The van der Waals surface area contributed by atoms with Gasteiger partial charge < -0.3 is 10.2 Å². The Morgan fingerprint density at radius 2 is 1.89 bits per heavy atom. The molecular weight excluding hydrogens is 500 g/mol. The van der Waals surface area contributed by atoms with Crippen molar-refractivity contribution in [3.05, 3.63) is 58.4 Å². The lowest BCUT2D eigenvalue weighted by Crippen LogP contribution is -2.50. The standard InChI is InChI=1S/C24H24ClF2N3O4S/c1-11-16-10-30(24(32)13-5-14(9-28-8-13)35(2,33)34)22(20(11)16)23(31)29-21(12-3-4-12)15-6-19(27)17(25)7-18(15)26/h5-9,11-12,16,20-22H,3-4,10H2,1-2H3,(H,29,31)/t11?,16?,20?,21?,22-/m1/s1. The Bertz CT molecular complexity index is 1330. The van der Waals surface area contributed by atoms with Gasteiger partial charge in [-0.25, -0.2) is 17.2 Å². The minimum Gasteiger partial charge on any atom is -0.347 e. The van der Waals surface area contributed by atoms with Crippen molar-refractivity contribution in [2.45, 2.75) is 36.7 Å². The van der Waals surface area contributed by atoms with E-state index < -0.39 is 45.4 Å². The Morgan fingerprint density at radius 3 is 2.54 bits per heavy atom. The van der Waals surface area contributed by atoms with Gasteiger partial charge in [0, 0.05) is 30.8 Å². The number of fused-ring (bicyclic) bond motifs is 1. The monoisotopic (exact) mass is 523 g/mol. The zero-order valence-corrected chi connectivity index (χ0v) is 20.6. The first-order valence-electron chi connectivity index (χ1n) is 11.4. The number of halogens is 3. The van der Waals surface area contributed by atoms with Crippen LogP contribution in [0.15, 0.2) is 35.5 Å². The largest absolute Gasteiger partial charge is 0.347 e. The fraction of sp³-hybridized carbons (Fsp3) is 0.458. The van der Waals surface area contributed by atoms with E-state index in [1.165, 1.54) is 23.4 Å². The quantitative estimate of drug-likeness (QED) is 0.585. The van der Waals surface area contributed by atoms with Crippen molar-refractivity contribution >= 4 is 33.3 Å². The Hall–Kier alpha value is -2.59. The van der Waals surface area contributed by atoms with Gasteiger partial charge in [0.1, 0.15) is 17.7 Å². The van der Waals surface area contributed by atoms with Crippen LogP contribution in [0.4, 0.5) is 8.78 Å². The zero-order chi connectivity index (χ0) is 25.2. The molecule has 0 radical (unpaired) electrons. The molecular formula is C24H24ClF2N3O4S. The summed E-state index contributed by atoms with van der Waals surface area (Å²) >= 11 is 5.70. The number of nitrogens with zero attached hydrogens (tertiary/aromatic N) is 2. The summed E-state index contributed by atoms with van der Waals surface area (Å²) in [5.74, 6) is -2.11. The van der Waals surface area contributed by atoms with Crippen molar-refractivity contribution in [2.24, 2.45) is 23.7 Å². The van der Waals surface area contributed by atoms with Crippen LogP contribution in [0.25, 0.3) is 0 Å². The minimum absolute atomic E-state index is 0.0315. The molecule has 0 spiro atoms. The lowest BCUT2D eigenvalue weighted by atomic mass is 10.00. The van der Waals surface area contributed by atoms with Crippen molar-refractivity contribution in [1.82, 2.24) is 15.2 Å². The van der Waals surface area contributed by atoms with Gasteiger partial charge in [-0.05, 0) is 54.7 Å². The number of hydrogen-bond donors (Lipinski definition) is 1. The van der Waals surface area contributed by atoms with Crippen LogP contribution in [-0.2, 0) is 14.6 Å². The second kappa shape index (κ2) is 8.51. The predicted octanol–water partition coefficient (Wildman–Crippen LogP) is 3.39. The molecule has 3 aliphatic rings. The van der Waals surface area contributed by atoms with Crippen molar-refractivity contribution in [2.75, 3.05) is 12.8 Å². The molecule has 7 nitrogen and oxygen atoms in total. The van der Waals surface area contributed by atoms with E-state index in [-0.39, 0.29) is 44.7 Å². The van der Waals surface area contributed by atoms with Gasteiger partial charge in [-0.2, -0.15) is 0 Å². The lowest BCUT2D eigenvalue weighted by Gasteiger charge is -2.30. The predicted molar refractivity (Wildman–Crippen MR) is 123 cm³/mol. The molecule has 1 saturated heterocycles. The normalized spacial score (nSPS) is 26.3. The number of carbonyl (C=O) groups excluding carboxylic acids is 2. The Morgan fingerprint density at radius 1 is 1.17 bits per heavy atom. The van der Waals surface area contributed by atoms with E-state index in [9.17, 15) is 26.8 Å². The van der Waals surface area contributed by atoms with Crippen LogP contribution >= 0.6 is 11.6 Å². The molecule has 186 valence electrons. The van der Waals surface area contributed by atoms with Crippen molar-refractivity contribution in [1.29, 1.82) is 0 Å². The highest BCUT2D eigenvalue weighted by molar-refractivity contribution is 7.90. The molecule has 1 aliphatic heterocycles. The average molecular weight is 524 g/mol. The second-order valence-electron chi connectivity index (χ2n) is 9.80. The highest BCUT2D eigenvalue weighted by Gasteiger charge is 2.62. The summed E-state index contributed by atoms with van der Waals surface area (Å²) < 4.78 is 52.6. The number of carbonyl (C=O) groups is 2. The highest BCUT2D eigenvalue weighted by atomic mass is 35.5. The lowest BCUT2D eigenvalue weighted by molar-refractivity contribution is -0.126. The van der Waals surface area contributed by atoms with E-state index in [2.05, 4.69) is 10.3 Å². The number of nitrogens with one attached hydrogen (secondary N) is 1. The highest BCUT2D eigenvalue weighted by Crippen LogP contribution is 2.55. The number of pyridine rings is 1. The summed E-state index contributed by atoms with van der Waals surface area (Å²) in [4.78, 5) is 32.1. The molecule has 35 heavy (non-hydrogen) atoms. The molecule has 2 aliphatic carbocycles. The van der Waals surface area contributed by atoms with Crippen LogP contribution in [0.1, 0.15) is 41.7 Å². The molecule has 4 unspecified atom stereocenters. The molecule has 1 aromatic carbocycles. The van der Waals surface area contributed by atoms with Crippen LogP contribution in [0, 0.1) is 35.3 Å². The number of piperidine rings is 1. The summed E-state index contributed by atoms with van der Waals surface area (Å²) in [6.45, 7) is 2.36. The fourth-order valence-corrected chi connectivity index (χ4v) is 6.01. The third-order valence-electron chi connectivity index (χ3n) is 7.43. The molecule has 5 rings (SSSR count). The van der Waals surface area contributed by atoms with Gasteiger partial charge >= 0.3 is 0 Å². The van der Waals surface area contributed by atoms with E-state index in [1.807, 2.05) is 6.92 Å². The minimum atomic E-state index is -3.57. The van der Waals surface area contributed by atoms with Gasteiger partial charge in [0.2, 0.25) is 5.91 Å². The Balaban J connectivity index is 1.42. The maximum Gasteiger partial charge on any atom is 0.256 e. The van der Waals surface area contributed by atoms with Crippen molar-refractivity contribution < 1.29 is 26.8 Å². The van der Waals surface area contributed by atoms with Crippen LogP contribution < -0.4 is 5.32 Å². The average Bonchev–Trinajstić information content (AvgIpc) is 3.70. The van der Waals surface area contributed by atoms with Crippen LogP contribution in [-0.4, -0.2) is 49.0 Å². The molecule has 2 amide bonds. The summed E-state index contributed by atoms with van der Waals surface area (Å²) in [6.07, 6.45) is 4.98. The molecule has 0 bridgehead atoms. The van der Waals surface area contributed by atoms with Crippen LogP contribution in [0.3, 0.4) is 0 Å². The zero-order valence-electron chi connectivity index (χ0n) is 19.0. The van der Waals surface area contributed by atoms with E-state index >= 15 is 0 Å². The fourth-order valence-electron chi connectivity index (χ4n) is 5.26. The van der Waals surface area contributed by atoms with Gasteiger partial charge in [-0.1, -0.05) is 18.5 Å². The summed E-state index contributed by atoms with van der Waals surface area (Å²) in [6, 6.07) is 1.63. The van der Waals surface area contributed by atoms with E-state index in [0.717, 1.165) is 31.2 Å². The van der Waals surface area contributed by atoms with Gasteiger partial charge in [0.05, 0.1) is 21.5 Å². The van der Waals surface area contributed by atoms with E-state index in [1.54, 1.807) is 0 Å². The Labute approximate surface area is 206 Å². The summed E-state index contributed by atoms with van der Waals surface area (Å²) in [5.41, 5.74) is 0.105. The van der Waals surface area contributed by atoms with E-state index in [4.69, 9.17) is 11.6 Å². The number of hydrogen-bond acceptors (Lipinski definition) is 5. The molecule has 1 aromatic heterocycles. The third kappa shape index (κ3) is 4.42. The van der Waals surface area contributed by atoms with Crippen molar-refractivity contribution in [3.8, 4) is 0 Å². The van der Waals surface area contributed by atoms with Gasteiger partial charge in [-0.15, -0.1) is 0 Å². The maximum atomic E-state index is 14.7. The maximum absolute atomic E-state index is 14.7. The SMILES string of the molecule is CC1C2CN(C(=O)c3cncc(S(C)(=O)=O)c3)[C@@H](C(=O)NC(c3cc(F)c(Cl)cc3F)C3CC3)C12. The molecule has 2 aromatic rings. The summed E-state index contributed by atoms with van der Waals surface area (Å²) in [5, 5.41) is 2.55. The molecule has 2 saturated carbocycles. The molecule has 5 atom stereocenters. The van der Waals surface area contributed by atoms with Crippen molar-refractivity contribution in [3.63, 3.8) is 0 Å². The smallest absolute Gasteiger partial charge is 0.256 e. The van der Waals surface area contributed by atoms with Gasteiger partial charge in [0.15, 0.2) is 9.84 Å². The first-order valence-corrected chi connectivity index (χ1v) is 13.6. The van der Waals surface area contributed by atoms with Gasteiger partial charge in [0.25, 0.3) is 5.91 Å². The first-order chi connectivity index (χ1) is 16.5. The number of sulfone groups is 1. The number of likely N-dealkylation sites (tertiary alicyclic amines) is 1. The van der Waals surface area contributed by atoms with Gasteiger partial charge in [-0.3, -0.25) is 14.6 Å². The summed E-state index contributed by atoms with van der Waals surface area (Å²) in [7, 11) is -3.57. The molecule has 11 heteroatoms. The molecule has 1 N–H and O–H groups in total.